The van der Waals surface area contributed by atoms with Crippen molar-refractivity contribution in [2.75, 3.05) is 27.3 Å². The van der Waals surface area contributed by atoms with Gasteiger partial charge in [-0.25, -0.2) is 0 Å². The molecule has 7 heteroatoms. The summed E-state index contributed by atoms with van der Waals surface area (Å²) in [4.78, 5) is 5.03. The summed E-state index contributed by atoms with van der Waals surface area (Å²) in [7, 11) is 4.49. The first-order valence-corrected chi connectivity index (χ1v) is 19.1. The summed E-state index contributed by atoms with van der Waals surface area (Å²) in [5.74, 6) is 1.75. The third-order valence-corrected chi connectivity index (χ3v) is 13.1. The van der Waals surface area contributed by atoms with E-state index in [2.05, 4.69) is 29.2 Å². The van der Waals surface area contributed by atoms with Gasteiger partial charge in [-0.1, -0.05) is 38.5 Å². The Morgan fingerprint density at radius 1 is 0.523 bits per heavy atom. The van der Waals surface area contributed by atoms with Gasteiger partial charge >= 0.3 is 0 Å². The molecule has 6 atom stereocenters. The highest BCUT2D eigenvalue weighted by molar-refractivity contribution is 5.85. The summed E-state index contributed by atoms with van der Waals surface area (Å²) in [6, 6.07) is 4.57. The van der Waals surface area contributed by atoms with Crippen LogP contribution in [0.1, 0.15) is 141 Å². The van der Waals surface area contributed by atoms with E-state index in [1.807, 2.05) is 0 Å². The van der Waals surface area contributed by atoms with Crippen LogP contribution in [0.25, 0.3) is 0 Å². The first-order valence-electron chi connectivity index (χ1n) is 19.1. The van der Waals surface area contributed by atoms with Crippen LogP contribution in [0.5, 0.6) is 0 Å². The van der Waals surface area contributed by atoms with Crippen LogP contribution in [0.2, 0.25) is 0 Å². The minimum atomic E-state index is -0.00583. The van der Waals surface area contributed by atoms with Gasteiger partial charge in [0.15, 0.2) is 0 Å². The number of rotatable bonds is 6. The summed E-state index contributed by atoms with van der Waals surface area (Å²) in [6.07, 6.45) is 30.8. The van der Waals surface area contributed by atoms with Crippen molar-refractivity contribution < 1.29 is 14.6 Å². The molecule has 6 saturated heterocycles. The molecule has 6 unspecified atom stereocenters. The van der Waals surface area contributed by atoms with Crippen LogP contribution in [0, 0.1) is 11.8 Å². The second-order valence-electron chi connectivity index (χ2n) is 16.2. The monoisotopic (exact) mass is 637 g/mol. The van der Waals surface area contributed by atoms with Crippen molar-refractivity contribution in [1.29, 1.82) is 0 Å². The smallest absolute Gasteiger partial charge is 0.0605 e. The molecule has 8 fully saturated rings. The normalized spacial score (nSPS) is 40.8. The lowest BCUT2D eigenvalue weighted by Gasteiger charge is -2.37. The number of aliphatic hydroxyl groups is 1. The van der Waals surface area contributed by atoms with Crippen molar-refractivity contribution in [1.82, 2.24) is 15.1 Å². The highest BCUT2D eigenvalue weighted by Gasteiger charge is 2.39. The molecule has 2 aliphatic carbocycles. The molecular weight excluding hydrogens is 570 g/mol. The van der Waals surface area contributed by atoms with E-state index in [0.717, 1.165) is 62.1 Å². The first-order chi connectivity index (χ1) is 21.0. The lowest BCUT2D eigenvalue weighted by Crippen LogP contribution is -2.43. The molecule has 0 amide bonds. The lowest BCUT2D eigenvalue weighted by molar-refractivity contribution is -0.0306. The second-order valence-corrected chi connectivity index (χ2v) is 16.2. The molecule has 0 aromatic carbocycles. The van der Waals surface area contributed by atoms with Gasteiger partial charge in [-0.05, 0) is 129 Å². The zero-order chi connectivity index (χ0) is 29.6. The maximum Gasteiger partial charge on any atom is 0.0605 e. The van der Waals surface area contributed by atoms with Crippen molar-refractivity contribution in [3.8, 4) is 0 Å². The topological polar surface area (TPSA) is 57.2 Å². The molecule has 0 spiro atoms. The molecule has 44 heavy (non-hydrogen) atoms. The molecule has 2 saturated carbocycles. The Bertz CT molecular complexity index is 784. The largest absolute Gasteiger partial charge is 0.393 e. The van der Waals surface area contributed by atoms with E-state index in [1.54, 1.807) is 0 Å². The fraction of sp³-hybridized carbons (Fsp3) is 1.00. The predicted molar refractivity (Wildman–Crippen MR) is 183 cm³/mol. The number of hydrogen-bond donors (Lipinski definition) is 2. The molecule has 8 aliphatic rings. The summed E-state index contributed by atoms with van der Waals surface area (Å²) in [5, 5.41) is 13.1. The molecule has 6 aliphatic heterocycles. The third kappa shape index (κ3) is 9.80. The average Bonchev–Trinajstić information content (AvgIpc) is 3.53. The number of ether oxygens (including phenoxy) is 2. The molecule has 0 radical (unpaired) electrons. The highest BCUT2D eigenvalue weighted by Crippen LogP contribution is 2.37. The highest BCUT2D eigenvalue weighted by atomic mass is 35.5. The van der Waals surface area contributed by atoms with Gasteiger partial charge in [-0.2, -0.15) is 0 Å². The number of aliphatic hydroxyl groups excluding tert-OH is 1. The van der Waals surface area contributed by atoms with Crippen molar-refractivity contribution >= 4 is 12.4 Å². The summed E-state index contributed by atoms with van der Waals surface area (Å²) < 4.78 is 12.4. The van der Waals surface area contributed by atoms with Crippen LogP contribution in [-0.4, -0.2) is 96.8 Å². The van der Waals surface area contributed by atoms with Gasteiger partial charge < -0.3 is 29.7 Å². The van der Waals surface area contributed by atoms with Gasteiger partial charge in [0.1, 0.15) is 0 Å². The molecule has 0 aromatic rings. The number of piperidine rings is 3. The van der Waals surface area contributed by atoms with Crippen molar-refractivity contribution in [3.63, 3.8) is 0 Å². The molecule has 6 nitrogen and oxygen atoms in total. The number of nitrogens with one attached hydrogen (secondary N) is 1. The molecule has 2 N–H and O–H groups in total. The first kappa shape index (κ1) is 35.4. The van der Waals surface area contributed by atoms with Gasteiger partial charge in [-0.15, -0.1) is 12.4 Å². The van der Waals surface area contributed by atoms with E-state index in [1.165, 1.54) is 128 Å². The summed E-state index contributed by atoms with van der Waals surface area (Å²) in [5.41, 5.74) is 0. The maximum absolute atomic E-state index is 9.38. The number of hydrogen-bond acceptors (Lipinski definition) is 6. The standard InChI is InChI=1S/C15H27NO.C14H25NO.C8H15NO.ClH/c1-16-13-7-8-14(16)10-15(9-13)17-11-12-5-3-2-4-6-12;1-2-4-11(5-3-1)10-16-14-8-12-6-7-13(9-14)15-12;1-9-6-2-3-7(9)5-8(10)4-6;/h12-15H,2-11H2,1H3;11-15H,1-10H2;6-8,10H,2-5H2,1H3;1H. The molecule has 256 valence electrons. The lowest BCUT2D eigenvalue weighted by atomic mass is 9.90. The summed E-state index contributed by atoms with van der Waals surface area (Å²) in [6.45, 7) is 2.10. The minimum absolute atomic E-state index is 0. The average molecular weight is 638 g/mol. The van der Waals surface area contributed by atoms with Gasteiger partial charge in [0.25, 0.3) is 0 Å². The third-order valence-electron chi connectivity index (χ3n) is 13.1. The van der Waals surface area contributed by atoms with E-state index in [0.29, 0.717) is 24.3 Å². The van der Waals surface area contributed by atoms with Crippen molar-refractivity contribution in [2.24, 2.45) is 11.8 Å². The van der Waals surface area contributed by atoms with E-state index >= 15 is 0 Å². The molecule has 6 heterocycles. The maximum atomic E-state index is 9.38. The molecule has 6 bridgehead atoms. The Labute approximate surface area is 276 Å². The fourth-order valence-electron chi connectivity index (χ4n) is 10.3. The Morgan fingerprint density at radius 3 is 1.34 bits per heavy atom. The predicted octanol–water partition coefficient (Wildman–Crippen LogP) is 7.10. The van der Waals surface area contributed by atoms with Gasteiger partial charge in [0, 0.05) is 49.5 Å². The van der Waals surface area contributed by atoms with E-state index in [-0.39, 0.29) is 18.5 Å². The Morgan fingerprint density at radius 2 is 0.909 bits per heavy atom. The fourth-order valence-corrected chi connectivity index (χ4v) is 10.3. The quantitative estimate of drug-likeness (QED) is 0.324. The van der Waals surface area contributed by atoms with E-state index < -0.39 is 0 Å². The van der Waals surface area contributed by atoms with Crippen LogP contribution >= 0.6 is 12.4 Å². The summed E-state index contributed by atoms with van der Waals surface area (Å²) >= 11 is 0. The van der Waals surface area contributed by atoms with Gasteiger partial charge in [-0.3, -0.25) is 0 Å². The van der Waals surface area contributed by atoms with Crippen molar-refractivity contribution in [3.05, 3.63) is 0 Å². The molecule has 8 rings (SSSR count). The zero-order valence-corrected chi connectivity index (χ0v) is 29.2. The molecule has 0 aromatic heterocycles. The molecular formula is C37H68ClN3O3. The van der Waals surface area contributed by atoms with Gasteiger partial charge in [0.05, 0.1) is 18.3 Å². The van der Waals surface area contributed by atoms with Crippen LogP contribution < -0.4 is 5.32 Å². The van der Waals surface area contributed by atoms with Crippen LogP contribution in [-0.2, 0) is 9.47 Å². The van der Waals surface area contributed by atoms with Crippen molar-refractivity contribution in [2.45, 2.75) is 196 Å². The number of halogens is 1. The second kappa shape index (κ2) is 17.4. The van der Waals surface area contributed by atoms with E-state index in [4.69, 9.17) is 9.47 Å². The zero-order valence-electron chi connectivity index (χ0n) is 28.4. The minimum Gasteiger partial charge on any atom is -0.393 e. The number of nitrogens with zero attached hydrogens (tertiary/aromatic N) is 2. The van der Waals surface area contributed by atoms with Crippen LogP contribution in [0.15, 0.2) is 0 Å². The van der Waals surface area contributed by atoms with Gasteiger partial charge in [0.2, 0.25) is 0 Å². The Hall–Kier alpha value is 0.0500. The number of fused-ring (bicyclic) bond motifs is 6. The van der Waals surface area contributed by atoms with E-state index in [9.17, 15) is 5.11 Å². The Balaban J connectivity index is 0.000000134. The Kier molecular flexibility index (Phi) is 14.0. The SMILES string of the molecule is C1CCC(COC2CC3CCC(C2)N3)CC1.CN1C2CCC1CC(O)C2.CN1C2CCC1CC(OCC1CCCCC1)C2.Cl. The van der Waals surface area contributed by atoms with Crippen LogP contribution in [0.4, 0.5) is 0 Å². The van der Waals surface area contributed by atoms with Crippen LogP contribution in [0.3, 0.4) is 0 Å².